The van der Waals surface area contributed by atoms with Gasteiger partial charge in [-0.2, -0.15) is 13.7 Å². The Morgan fingerprint density at radius 3 is 2.48 bits per heavy atom. The predicted octanol–water partition coefficient (Wildman–Crippen LogP) is 2.61. The van der Waals surface area contributed by atoms with E-state index >= 15 is 0 Å². The van der Waals surface area contributed by atoms with Gasteiger partial charge in [-0.15, -0.1) is 0 Å². The molecule has 2 aromatic carbocycles. The molecule has 6 nitrogen and oxygen atoms in total. The largest absolute Gasteiger partial charge is 0.377 e. The number of nitrogens with zero attached hydrogens (tertiary/aromatic N) is 1. The Labute approximate surface area is 134 Å². The highest BCUT2D eigenvalue weighted by atomic mass is 32.2. The molecule has 0 unspecified atom stereocenters. The number of hydrogen-bond donors (Lipinski definition) is 1. The summed E-state index contributed by atoms with van der Waals surface area (Å²) in [6.45, 7) is 1.84. The third-order valence-electron chi connectivity index (χ3n) is 2.91. The molecule has 1 amide bonds. The Morgan fingerprint density at radius 1 is 1.17 bits per heavy atom. The van der Waals surface area contributed by atoms with Gasteiger partial charge in [-0.3, -0.25) is 4.79 Å². The standard InChI is InChI=1S/C16H14N2O4S/c1-12-6-8-13(9-7-12)23(20,21)22-15-5-3-2-4-14(15)18-16(19)10-11-17/h2-9H,10H2,1H3,(H,18,19). The first-order valence-electron chi connectivity index (χ1n) is 6.69. The van der Waals surface area contributed by atoms with E-state index in [9.17, 15) is 13.2 Å². The molecule has 0 aliphatic carbocycles. The molecule has 2 aromatic rings. The first-order valence-corrected chi connectivity index (χ1v) is 8.10. The first kappa shape index (κ1) is 16.5. The lowest BCUT2D eigenvalue weighted by molar-refractivity contribution is -0.115. The van der Waals surface area contributed by atoms with Gasteiger partial charge in [-0.25, -0.2) is 0 Å². The van der Waals surface area contributed by atoms with Crippen molar-refractivity contribution in [2.45, 2.75) is 18.2 Å². The number of nitriles is 1. The van der Waals surface area contributed by atoms with E-state index in [0.29, 0.717) is 0 Å². The minimum absolute atomic E-state index is 0.0145. The number of rotatable bonds is 5. The van der Waals surface area contributed by atoms with E-state index in [1.54, 1.807) is 30.3 Å². The minimum atomic E-state index is -4.02. The van der Waals surface area contributed by atoms with Crippen molar-refractivity contribution in [1.29, 1.82) is 5.26 Å². The molecule has 1 N–H and O–H groups in total. The Kier molecular flexibility index (Phi) is 4.98. The maximum Gasteiger partial charge on any atom is 0.339 e. The molecule has 0 fully saturated rings. The van der Waals surface area contributed by atoms with Crippen molar-refractivity contribution in [2.75, 3.05) is 5.32 Å². The lowest BCUT2D eigenvalue weighted by Gasteiger charge is -2.12. The second kappa shape index (κ2) is 6.94. The first-order chi connectivity index (χ1) is 10.9. The summed E-state index contributed by atoms with van der Waals surface area (Å²) in [6, 6.07) is 14.1. The predicted molar refractivity (Wildman–Crippen MR) is 84.3 cm³/mol. The van der Waals surface area contributed by atoms with Crippen LogP contribution < -0.4 is 9.50 Å². The second-order valence-electron chi connectivity index (χ2n) is 4.73. The van der Waals surface area contributed by atoms with Crippen LogP contribution in [-0.2, 0) is 14.9 Å². The monoisotopic (exact) mass is 330 g/mol. The van der Waals surface area contributed by atoms with Crippen molar-refractivity contribution in [1.82, 2.24) is 0 Å². The van der Waals surface area contributed by atoms with Gasteiger partial charge in [0.05, 0.1) is 11.8 Å². The number of aryl methyl sites for hydroxylation is 1. The molecule has 0 radical (unpaired) electrons. The van der Waals surface area contributed by atoms with Crippen molar-refractivity contribution in [3.05, 3.63) is 54.1 Å². The zero-order chi connectivity index (χ0) is 16.9. The molecule has 23 heavy (non-hydrogen) atoms. The molecular formula is C16H14N2O4S. The zero-order valence-electron chi connectivity index (χ0n) is 12.3. The van der Waals surface area contributed by atoms with Gasteiger partial charge in [-0.1, -0.05) is 29.8 Å². The lowest BCUT2D eigenvalue weighted by atomic mass is 10.2. The quantitative estimate of drug-likeness (QED) is 0.850. The molecule has 0 aliphatic rings. The van der Waals surface area contributed by atoms with Gasteiger partial charge >= 0.3 is 10.1 Å². The van der Waals surface area contributed by atoms with Crippen molar-refractivity contribution in [3.63, 3.8) is 0 Å². The molecule has 0 aromatic heterocycles. The summed E-state index contributed by atoms with van der Waals surface area (Å²) in [6.07, 6.45) is -0.334. The van der Waals surface area contributed by atoms with E-state index in [0.717, 1.165) is 5.56 Å². The Hall–Kier alpha value is -2.85. The van der Waals surface area contributed by atoms with Crippen molar-refractivity contribution in [3.8, 4) is 11.8 Å². The number of carbonyl (C=O) groups is 1. The van der Waals surface area contributed by atoms with E-state index in [2.05, 4.69) is 5.32 Å². The van der Waals surface area contributed by atoms with Gasteiger partial charge in [-0.05, 0) is 31.2 Å². The molecule has 0 bridgehead atoms. The molecule has 0 saturated heterocycles. The van der Waals surface area contributed by atoms with Gasteiger partial charge in [0.2, 0.25) is 5.91 Å². The molecule has 7 heteroatoms. The van der Waals surface area contributed by atoms with Crippen LogP contribution in [0.25, 0.3) is 0 Å². The maximum atomic E-state index is 12.3. The Balaban J connectivity index is 2.27. The molecule has 0 heterocycles. The summed E-state index contributed by atoms with van der Waals surface area (Å²) >= 11 is 0. The van der Waals surface area contributed by atoms with Gasteiger partial charge in [0.1, 0.15) is 11.3 Å². The SMILES string of the molecule is Cc1ccc(S(=O)(=O)Oc2ccccc2NC(=O)CC#N)cc1. The van der Waals surface area contributed by atoms with Gasteiger partial charge < -0.3 is 9.50 Å². The van der Waals surface area contributed by atoms with Gasteiger partial charge in [0.25, 0.3) is 0 Å². The number of benzene rings is 2. The van der Waals surface area contributed by atoms with E-state index in [-0.39, 0.29) is 22.8 Å². The van der Waals surface area contributed by atoms with E-state index < -0.39 is 16.0 Å². The highest BCUT2D eigenvalue weighted by molar-refractivity contribution is 7.87. The number of hydrogen-bond acceptors (Lipinski definition) is 5. The van der Waals surface area contributed by atoms with Crippen LogP contribution in [0.4, 0.5) is 5.69 Å². The number of amides is 1. The molecule has 118 valence electrons. The van der Waals surface area contributed by atoms with Crippen LogP contribution in [0, 0.1) is 18.3 Å². The maximum absolute atomic E-state index is 12.3. The van der Waals surface area contributed by atoms with Crippen LogP contribution in [-0.4, -0.2) is 14.3 Å². The normalized spacial score (nSPS) is 10.6. The Morgan fingerprint density at radius 2 is 1.83 bits per heavy atom. The van der Waals surface area contributed by atoms with Crippen LogP contribution in [0.2, 0.25) is 0 Å². The van der Waals surface area contributed by atoms with Crippen LogP contribution in [0.15, 0.2) is 53.4 Å². The fourth-order valence-corrected chi connectivity index (χ4v) is 2.73. The van der Waals surface area contributed by atoms with Crippen LogP contribution in [0.5, 0.6) is 5.75 Å². The smallest absolute Gasteiger partial charge is 0.339 e. The van der Waals surface area contributed by atoms with E-state index in [1.807, 2.05) is 6.92 Å². The van der Waals surface area contributed by atoms with Crippen LogP contribution in [0.1, 0.15) is 12.0 Å². The highest BCUT2D eigenvalue weighted by Crippen LogP contribution is 2.27. The summed E-state index contributed by atoms with van der Waals surface area (Å²) < 4.78 is 29.7. The van der Waals surface area contributed by atoms with Gasteiger partial charge in [0, 0.05) is 0 Å². The second-order valence-corrected chi connectivity index (χ2v) is 6.28. The van der Waals surface area contributed by atoms with Crippen LogP contribution >= 0.6 is 0 Å². The zero-order valence-corrected chi connectivity index (χ0v) is 13.1. The average molecular weight is 330 g/mol. The molecule has 0 spiro atoms. The third-order valence-corrected chi connectivity index (χ3v) is 4.16. The summed E-state index contributed by atoms with van der Waals surface area (Å²) in [5.41, 5.74) is 1.11. The number of para-hydroxylation sites is 2. The molecule has 2 rings (SSSR count). The number of anilines is 1. The molecule has 0 saturated carbocycles. The van der Waals surface area contributed by atoms with Crippen LogP contribution in [0.3, 0.4) is 0 Å². The molecular weight excluding hydrogens is 316 g/mol. The molecule has 0 aliphatic heterocycles. The average Bonchev–Trinajstić information content (AvgIpc) is 2.50. The van der Waals surface area contributed by atoms with Crippen molar-refractivity contribution in [2.24, 2.45) is 0 Å². The summed E-state index contributed by atoms with van der Waals surface area (Å²) in [7, 11) is -4.02. The van der Waals surface area contributed by atoms with E-state index in [1.165, 1.54) is 24.3 Å². The molecule has 0 atom stereocenters. The summed E-state index contributed by atoms with van der Waals surface area (Å²) in [5, 5.41) is 10.9. The fraction of sp³-hybridized carbons (Fsp3) is 0.125. The van der Waals surface area contributed by atoms with Crippen molar-refractivity contribution < 1.29 is 17.4 Å². The summed E-state index contributed by atoms with van der Waals surface area (Å²) in [5.74, 6) is -0.560. The lowest BCUT2D eigenvalue weighted by Crippen LogP contribution is -2.14. The highest BCUT2D eigenvalue weighted by Gasteiger charge is 2.18. The minimum Gasteiger partial charge on any atom is -0.377 e. The topological polar surface area (TPSA) is 96.3 Å². The van der Waals surface area contributed by atoms with Crippen molar-refractivity contribution >= 4 is 21.7 Å². The van der Waals surface area contributed by atoms with E-state index in [4.69, 9.17) is 9.44 Å². The number of nitrogens with one attached hydrogen (secondary N) is 1. The number of carbonyl (C=O) groups excluding carboxylic acids is 1. The third kappa shape index (κ3) is 4.31. The van der Waals surface area contributed by atoms with Gasteiger partial charge in [0.15, 0.2) is 5.75 Å². The fourth-order valence-electron chi connectivity index (χ4n) is 1.78. The summed E-state index contributed by atoms with van der Waals surface area (Å²) in [4.78, 5) is 11.5. The Bertz CT molecular complexity index is 852.